The number of nitrogens with zero attached hydrogens (tertiary/aromatic N) is 1. The van der Waals surface area contributed by atoms with E-state index >= 15 is 0 Å². The van der Waals surface area contributed by atoms with Gasteiger partial charge in [0.2, 0.25) is 0 Å². The van der Waals surface area contributed by atoms with Crippen LogP contribution >= 0.6 is 28.1 Å². The molecule has 0 bridgehead atoms. The van der Waals surface area contributed by atoms with Crippen molar-refractivity contribution in [2.75, 3.05) is 6.54 Å². The van der Waals surface area contributed by atoms with Crippen molar-refractivity contribution in [3.63, 3.8) is 0 Å². The van der Waals surface area contributed by atoms with Crippen LogP contribution in [0.25, 0.3) is 0 Å². The van der Waals surface area contributed by atoms with Gasteiger partial charge in [0.05, 0.1) is 5.71 Å². The predicted molar refractivity (Wildman–Crippen MR) is 75.8 cm³/mol. The fourth-order valence-electron chi connectivity index (χ4n) is 1.15. The Labute approximate surface area is 109 Å². The molecule has 1 aromatic carbocycles. The van der Waals surface area contributed by atoms with Crippen LogP contribution in [0.15, 0.2) is 33.8 Å². The summed E-state index contributed by atoms with van der Waals surface area (Å²) < 4.78 is 1.02. The Morgan fingerprint density at radius 3 is 2.75 bits per heavy atom. The Balaban J connectivity index is 2.71. The van der Waals surface area contributed by atoms with Gasteiger partial charge in [0.15, 0.2) is 5.11 Å². The van der Waals surface area contributed by atoms with Crippen molar-refractivity contribution in [2.45, 2.75) is 13.8 Å². The summed E-state index contributed by atoms with van der Waals surface area (Å²) >= 11 is 8.49. The van der Waals surface area contributed by atoms with E-state index in [0.717, 1.165) is 22.3 Å². The summed E-state index contributed by atoms with van der Waals surface area (Å²) in [5.41, 5.74) is 4.73. The number of nitrogens with one attached hydrogen (secondary N) is 2. The Morgan fingerprint density at radius 2 is 2.12 bits per heavy atom. The summed E-state index contributed by atoms with van der Waals surface area (Å²) in [6, 6.07) is 7.93. The standard InChI is InChI=1S/C11H14BrN3S/c1-3-13-11(16)15-14-8(2)9-6-4-5-7-10(9)12/h4-7H,3H2,1-2H3,(H2,13,15,16)/b14-8-. The topological polar surface area (TPSA) is 36.4 Å². The minimum Gasteiger partial charge on any atom is -0.362 e. The monoisotopic (exact) mass is 299 g/mol. The van der Waals surface area contributed by atoms with Crippen LogP contribution in [0.5, 0.6) is 0 Å². The fraction of sp³-hybridized carbons (Fsp3) is 0.273. The first kappa shape index (κ1) is 13.1. The van der Waals surface area contributed by atoms with Gasteiger partial charge in [0.25, 0.3) is 0 Å². The lowest BCUT2D eigenvalue weighted by Gasteiger charge is -2.06. The molecule has 0 aromatic heterocycles. The molecule has 0 fully saturated rings. The van der Waals surface area contributed by atoms with E-state index in [1.54, 1.807) is 0 Å². The van der Waals surface area contributed by atoms with Crippen LogP contribution < -0.4 is 10.7 Å². The normalized spacial score (nSPS) is 11.1. The number of rotatable bonds is 3. The van der Waals surface area contributed by atoms with E-state index in [4.69, 9.17) is 12.2 Å². The van der Waals surface area contributed by atoms with Gasteiger partial charge in [-0.25, -0.2) is 0 Å². The molecule has 2 N–H and O–H groups in total. The van der Waals surface area contributed by atoms with Gasteiger partial charge in [-0.05, 0) is 32.1 Å². The van der Waals surface area contributed by atoms with E-state index in [2.05, 4.69) is 31.8 Å². The molecule has 0 unspecified atom stereocenters. The number of thiocarbonyl (C=S) groups is 1. The molecule has 86 valence electrons. The second kappa shape index (κ2) is 6.60. The van der Waals surface area contributed by atoms with Crippen molar-refractivity contribution >= 4 is 39.0 Å². The third-order valence-corrected chi connectivity index (χ3v) is 2.85. The number of benzene rings is 1. The highest BCUT2D eigenvalue weighted by Crippen LogP contribution is 2.16. The molecule has 0 amide bonds. The lowest BCUT2D eigenvalue weighted by atomic mass is 10.1. The smallest absolute Gasteiger partial charge is 0.186 e. The highest BCUT2D eigenvalue weighted by atomic mass is 79.9. The van der Waals surface area contributed by atoms with Crippen LogP contribution in [0.1, 0.15) is 19.4 Å². The molecule has 0 aliphatic heterocycles. The van der Waals surface area contributed by atoms with E-state index in [-0.39, 0.29) is 0 Å². The molecule has 0 aliphatic carbocycles. The number of halogens is 1. The van der Waals surface area contributed by atoms with Crippen molar-refractivity contribution in [3.05, 3.63) is 34.3 Å². The summed E-state index contributed by atoms with van der Waals surface area (Å²) in [7, 11) is 0. The largest absolute Gasteiger partial charge is 0.362 e. The second-order valence-electron chi connectivity index (χ2n) is 3.15. The van der Waals surface area contributed by atoms with Gasteiger partial charge in [-0.15, -0.1) is 0 Å². The van der Waals surface area contributed by atoms with Crippen LogP contribution in [0.2, 0.25) is 0 Å². The third kappa shape index (κ3) is 3.90. The molecular formula is C11H14BrN3S. The predicted octanol–water partition coefficient (Wildman–Crippen LogP) is 2.66. The molecule has 5 heteroatoms. The quantitative estimate of drug-likeness (QED) is 0.512. The molecule has 1 aromatic rings. The zero-order valence-electron chi connectivity index (χ0n) is 9.25. The van der Waals surface area contributed by atoms with Crippen LogP contribution in [0.4, 0.5) is 0 Å². The van der Waals surface area contributed by atoms with E-state index < -0.39 is 0 Å². The molecule has 16 heavy (non-hydrogen) atoms. The summed E-state index contributed by atoms with van der Waals surface area (Å²) in [6.07, 6.45) is 0. The molecule has 0 heterocycles. The number of hydrogen-bond donors (Lipinski definition) is 2. The first-order valence-corrected chi connectivity index (χ1v) is 6.18. The fourth-order valence-corrected chi connectivity index (χ4v) is 1.91. The maximum atomic E-state index is 5.01. The zero-order chi connectivity index (χ0) is 12.0. The van der Waals surface area contributed by atoms with Gasteiger partial charge < -0.3 is 5.32 Å². The van der Waals surface area contributed by atoms with E-state index in [0.29, 0.717) is 5.11 Å². The lowest BCUT2D eigenvalue weighted by Crippen LogP contribution is -2.32. The number of hydrazone groups is 1. The summed E-state index contributed by atoms with van der Waals surface area (Å²) in [5, 5.41) is 7.71. The maximum absolute atomic E-state index is 5.01. The molecule has 0 spiro atoms. The zero-order valence-corrected chi connectivity index (χ0v) is 11.7. The van der Waals surface area contributed by atoms with Crippen molar-refractivity contribution in [1.29, 1.82) is 0 Å². The highest BCUT2D eigenvalue weighted by molar-refractivity contribution is 9.10. The van der Waals surface area contributed by atoms with Gasteiger partial charge >= 0.3 is 0 Å². The third-order valence-electron chi connectivity index (χ3n) is 1.93. The molecule has 0 saturated carbocycles. The van der Waals surface area contributed by atoms with E-state index in [1.807, 2.05) is 38.1 Å². The van der Waals surface area contributed by atoms with Crippen molar-refractivity contribution in [3.8, 4) is 0 Å². The van der Waals surface area contributed by atoms with Crippen molar-refractivity contribution in [1.82, 2.24) is 10.7 Å². The Bertz CT molecular complexity index is 404. The Morgan fingerprint density at radius 1 is 1.44 bits per heavy atom. The average molecular weight is 300 g/mol. The van der Waals surface area contributed by atoms with Crippen LogP contribution in [-0.2, 0) is 0 Å². The van der Waals surface area contributed by atoms with Crippen molar-refractivity contribution in [2.24, 2.45) is 5.10 Å². The van der Waals surface area contributed by atoms with E-state index in [1.165, 1.54) is 0 Å². The lowest BCUT2D eigenvalue weighted by molar-refractivity contribution is 0.900. The molecule has 0 atom stereocenters. The maximum Gasteiger partial charge on any atom is 0.186 e. The minimum atomic E-state index is 0.536. The summed E-state index contributed by atoms with van der Waals surface area (Å²) in [5.74, 6) is 0. The first-order chi connectivity index (χ1) is 7.65. The summed E-state index contributed by atoms with van der Waals surface area (Å²) in [4.78, 5) is 0. The van der Waals surface area contributed by atoms with Gasteiger partial charge in [-0.2, -0.15) is 5.10 Å². The molecule has 0 saturated heterocycles. The Kier molecular flexibility index (Phi) is 5.42. The molecule has 1 rings (SSSR count). The molecule has 0 radical (unpaired) electrons. The molecular weight excluding hydrogens is 286 g/mol. The van der Waals surface area contributed by atoms with Gasteiger partial charge in [-0.3, -0.25) is 5.43 Å². The summed E-state index contributed by atoms with van der Waals surface area (Å²) in [6.45, 7) is 4.70. The number of hydrogen-bond acceptors (Lipinski definition) is 2. The minimum absolute atomic E-state index is 0.536. The Hall–Kier alpha value is -0.940. The average Bonchev–Trinajstić information content (AvgIpc) is 2.27. The molecule has 3 nitrogen and oxygen atoms in total. The van der Waals surface area contributed by atoms with E-state index in [9.17, 15) is 0 Å². The highest BCUT2D eigenvalue weighted by Gasteiger charge is 2.01. The van der Waals surface area contributed by atoms with Crippen molar-refractivity contribution < 1.29 is 0 Å². The van der Waals surface area contributed by atoms with Gasteiger partial charge in [-0.1, -0.05) is 34.1 Å². The van der Waals surface area contributed by atoms with Crippen LogP contribution in [-0.4, -0.2) is 17.4 Å². The molecule has 0 aliphatic rings. The van der Waals surface area contributed by atoms with Crippen LogP contribution in [0, 0.1) is 0 Å². The SMILES string of the molecule is CCNC(=S)N/N=C(/C)c1ccccc1Br. The van der Waals surface area contributed by atoms with Gasteiger partial charge in [0, 0.05) is 16.6 Å². The first-order valence-electron chi connectivity index (χ1n) is 4.98. The van der Waals surface area contributed by atoms with Crippen LogP contribution in [0.3, 0.4) is 0 Å². The second-order valence-corrected chi connectivity index (χ2v) is 4.41. The van der Waals surface area contributed by atoms with Gasteiger partial charge in [0.1, 0.15) is 0 Å².